The topological polar surface area (TPSA) is 42.6 Å². The first-order valence-corrected chi connectivity index (χ1v) is 7.89. The molecule has 0 bridgehead atoms. The summed E-state index contributed by atoms with van der Waals surface area (Å²) in [6.07, 6.45) is 1.73. The highest BCUT2D eigenvalue weighted by atomic mass is 79.9. The SMILES string of the molecule is C=Cc1c(C(=NC(C)=O)c2ccccc2)oc2ccc(Br)cc12. The Balaban J connectivity index is 2.31. The second-order valence-electron chi connectivity index (χ2n) is 5.03. The summed E-state index contributed by atoms with van der Waals surface area (Å²) < 4.78 is 6.94. The molecule has 114 valence electrons. The van der Waals surface area contributed by atoms with Crippen LogP contribution in [0.25, 0.3) is 17.0 Å². The second kappa shape index (κ2) is 6.34. The molecule has 0 unspecified atom stereocenters. The van der Waals surface area contributed by atoms with Gasteiger partial charge < -0.3 is 4.42 Å². The Morgan fingerprint density at radius 2 is 1.96 bits per heavy atom. The molecule has 0 aliphatic carbocycles. The van der Waals surface area contributed by atoms with Crippen LogP contribution in [0.4, 0.5) is 0 Å². The third-order valence-corrected chi connectivity index (χ3v) is 3.92. The van der Waals surface area contributed by atoms with Crippen molar-refractivity contribution >= 4 is 44.6 Å². The molecular formula is C19H14BrNO2. The highest BCUT2D eigenvalue weighted by molar-refractivity contribution is 9.10. The molecule has 0 radical (unpaired) electrons. The van der Waals surface area contributed by atoms with Gasteiger partial charge in [0.2, 0.25) is 5.91 Å². The van der Waals surface area contributed by atoms with E-state index in [0.29, 0.717) is 11.5 Å². The van der Waals surface area contributed by atoms with E-state index in [2.05, 4.69) is 27.5 Å². The van der Waals surface area contributed by atoms with Gasteiger partial charge in [0.1, 0.15) is 11.3 Å². The first kappa shape index (κ1) is 15.4. The molecule has 0 aliphatic rings. The molecule has 3 nitrogen and oxygen atoms in total. The van der Waals surface area contributed by atoms with Crippen molar-refractivity contribution in [3.05, 3.63) is 76.5 Å². The van der Waals surface area contributed by atoms with Crippen molar-refractivity contribution in [2.24, 2.45) is 4.99 Å². The lowest BCUT2D eigenvalue weighted by molar-refractivity contribution is -0.115. The van der Waals surface area contributed by atoms with Gasteiger partial charge in [0, 0.05) is 27.9 Å². The van der Waals surface area contributed by atoms with Gasteiger partial charge in [0.05, 0.1) is 0 Å². The number of furan rings is 1. The molecule has 1 amide bonds. The van der Waals surface area contributed by atoms with Gasteiger partial charge in [-0.25, -0.2) is 4.99 Å². The highest BCUT2D eigenvalue weighted by Gasteiger charge is 2.19. The van der Waals surface area contributed by atoms with Gasteiger partial charge in [0.15, 0.2) is 5.76 Å². The van der Waals surface area contributed by atoms with E-state index in [0.717, 1.165) is 26.6 Å². The molecule has 2 aromatic carbocycles. The molecule has 0 spiro atoms. The first-order valence-electron chi connectivity index (χ1n) is 7.09. The van der Waals surface area contributed by atoms with E-state index in [1.165, 1.54) is 6.92 Å². The summed E-state index contributed by atoms with van der Waals surface area (Å²) in [4.78, 5) is 15.8. The van der Waals surface area contributed by atoms with Crippen LogP contribution in [0.5, 0.6) is 0 Å². The summed E-state index contributed by atoms with van der Waals surface area (Å²) in [5.74, 6) is 0.273. The fourth-order valence-electron chi connectivity index (χ4n) is 2.47. The Kier molecular flexibility index (Phi) is 4.26. The van der Waals surface area contributed by atoms with Crippen molar-refractivity contribution in [1.82, 2.24) is 0 Å². The standard InChI is InChI=1S/C19H14BrNO2/c1-3-15-16-11-14(20)9-10-17(16)23-19(15)18(21-12(2)22)13-7-5-4-6-8-13/h3-11H,1H2,2H3. The number of benzene rings is 2. The van der Waals surface area contributed by atoms with E-state index in [4.69, 9.17) is 4.42 Å². The molecule has 0 atom stereocenters. The molecule has 0 fully saturated rings. The summed E-state index contributed by atoms with van der Waals surface area (Å²) in [6.45, 7) is 5.31. The molecule has 3 aromatic rings. The van der Waals surface area contributed by atoms with Crippen LogP contribution in [0.1, 0.15) is 23.8 Å². The molecular weight excluding hydrogens is 354 g/mol. The molecule has 0 saturated heterocycles. The third kappa shape index (κ3) is 3.03. The zero-order valence-electron chi connectivity index (χ0n) is 12.5. The quantitative estimate of drug-likeness (QED) is 0.595. The number of fused-ring (bicyclic) bond motifs is 1. The average molecular weight is 368 g/mol. The summed E-state index contributed by atoms with van der Waals surface area (Å²) in [5.41, 5.74) is 2.89. The van der Waals surface area contributed by atoms with Crippen molar-refractivity contribution in [1.29, 1.82) is 0 Å². The van der Waals surface area contributed by atoms with Gasteiger partial charge in [0.25, 0.3) is 0 Å². The zero-order valence-corrected chi connectivity index (χ0v) is 14.1. The molecule has 3 rings (SSSR count). The smallest absolute Gasteiger partial charge is 0.243 e. The van der Waals surface area contributed by atoms with Crippen LogP contribution in [0, 0.1) is 0 Å². The summed E-state index contributed by atoms with van der Waals surface area (Å²) in [7, 11) is 0. The maximum absolute atomic E-state index is 11.6. The van der Waals surface area contributed by atoms with Crippen LogP contribution in [0.15, 0.2) is 69.0 Å². The van der Waals surface area contributed by atoms with Crippen LogP contribution in [0.3, 0.4) is 0 Å². The maximum atomic E-state index is 11.6. The fourth-order valence-corrected chi connectivity index (χ4v) is 2.83. The minimum Gasteiger partial charge on any atom is -0.454 e. The van der Waals surface area contributed by atoms with Gasteiger partial charge in [-0.1, -0.05) is 58.9 Å². The lowest BCUT2D eigenvalue weighted by Gasteiger charge is -2.04. The number of hydrogen-bond donors (Lipinski definition) is 0. The number of amides is 1. The second-order valence-corrected chi connectivity index (χ2v) is 5.95. The Bertz CT molecular complexity index is 923. The average Bonchev–Trinajstić information content (AvgIpc) is 2.90. The minimum atomic E-state index is -0.277. The summed E-state index contributed by atoms with van der Waals surface area (Å²) in [5, 5.41) is 0.927. The largest absolute Gasteiger partial charge is 0.454 e. The molecule has 23 heavy (non-hydrogen) atoms. The van der Waals surface area contributed by atoms with Crippen LogP contribution in [0.2, 0.25) is 0 Å². The number of hydrogen-bond acceptors (Lipinski definition) is 2. The lowest BCUT2D eigenvalue weighted by atomic mass is 10.0. The van der Waals surface area contributed by atoms with E-state index in [1.807, 2.05) is 48.5 Å². The monoisotopic (exact) mass is 367 g/mol. The van der Waals surface area contributed by atoms with Crippen LogP contribution < -0.4 is 0 Å². The van der Waals surface area contributed by atoms with Gasteiger partial charge in [-0.05, 0) is 18.2 Å². The molecule has 0 saturated carbocycles. The molecule has 0 N–H and O–H groups in total. The number of nitrogens with zero attached hydrogens (tertiary/aromatic N) is 1. The number of carbonyl (C=O) groups excluding carboxylic acids is 1. The Labute approximate surface area is 142 Å². The number of carbonyl (C=O) groups is 1. The van der Waals surface area contributed by atoms with Gasteiger partial charge in [-0.2, -0.15) is 0 Å². The number of rotatable bonds is 3. The molecule has 1 heterocycles. The van der Waals surface area contributed by atoms with Gasteiger partial charge in [-0.3, -0.25) is 4.79 Å². The zero-order chi connectivity index (χ0) is 16.4. The van der Waals surface area contributed by atoms with Gasteiger partial charge >= 0.3 is 0 Å². The van der Waals surface area contributed by atoms with E-state index in [-0.39, 0.29) is 5.91 Å². The van der Waals surface area contributed by atoms with E-state index >= 15 is 0 Å². The Hall–Kier alpha value is -2.46. The Morgan fingerprint density at radius 3 is 2.61 bits per heavy atom. The van der Waals surface area contributed by atoms with Crippen molar-refractivity contribution in [2.75, 3.05) is 0 Å². The van der Waals surface area contributed by atoms with Gasteiger partial charge in [-0.15, -0.1) is 0 Å². The third-order valence-electron chi connectivity index (χ3n) is 3.42. The van der Waals surface area contributed by atoms with E-state index in [9.17, 15) is 4.79 Å². The molecule has 0 aliphatic heterocycles. The van der Waals surface area contributed by atoms with Crippen molar-refractivity contribution < 1.29 is 9.21 Å². The van der Waals surface area contributed by atoms with E-state index in [1.54, 1.807) is 6.08 Å². The maximum Gasteiger partial charge on any atom is 0.243 e. The summed E-state index contributed by atoms with van der Waals surface area (Å²) >= 11 is 3.47. The van der Waals surface area contributed by atoms with Crippen LogP contribution >= 0.6 is 15.9 Å². The van der Waals surface area contributed by atoms with Crippen LogP contribution in [-0.4, -0.2) is 11.6 Å². The molecule has 4 heteroatoms. The minimum absolute atomic E-state index is 0.277. The first-order chi connectivity index (χ1) is 11.1. The predicted octanol–water partition coefficient (Wildman–Crippen LogP) is 5.22. The van der Waals surface area contributed by atoms with Crippen LogP contribution in [-0.2, 0) is 4.79 Å². The predicted molar refractivity (Wildman–Crippen MR) is 96.8 cm³/mol. The highest BCUT2D eigenvalue weighted by Crippen LogP contribution is 2.31. The number of halogens is 1. The fraction of sp³-hybridized carbons (Fsp3) is 0.0526. The normalized spacial score (nSPS) is 11.7. The lowest BCUT2D eigenvalue weighted by Crippen LogP contribution is -2.06. The van der Waals surface area contributed by atoms with E-state index < -0.39 is 0 Å². The van der Waals surface area contributed by atoms with Crippen molar-refractivity contribution in [3.63, 3.8) is 0 Å². The van der Waals surface area contributed by atoms with Crippen molar-refractivity contribution in [2.45, 2.75) is 6.92 Å². The molecule has 1 aromatic heterocycles. The summed E-state index contributed by atoms with van der Waals surface area (Å²) in [6, 6.07) is 15.3. The van der Waals surface area contributed by atoms with Crippen molar-refractivity contribution in [3.8, 4) is 0 Å². The number of aliphatic imine (C=N–C) groups is 1. The Morgan fingerprint density at radius 1 is 1.22 bits per heavy atom.